The number of aromatic nitrogens is 2. The van der Waals surface area contributed by atoms with Crippen molar-refractivity contribution in [3.63, 3.8) is 0 Å². The second kappa shape index (κ2) is 7.29. The number of piperidine rings is 1. The summed E-state index contributed by atoms with van der Waals surface area (Å²) in [5, 5.41) is 4.16. The summed E-state index contributed by atoms with van der Waals surface area (Å²) in [6.45, 7) is 1.77. The molecule has 0 radical (unpaired) electrons. The fraction of sp³-hybridized carbons (Fsp3) is 0.316. The van der Waals surface area contributed by atoms with Gasteiger partial charge in [-0.05, 0) is 37.1 Å². The number of pyridine rings is 1. The molecule has 3 aromatic rings. The van der Waals surface area contributed by atoms with Crippen LogP contribution in [0.1, 0.15) is 23.2 Å². The topological polar surface area (TPSA) is 67.3 Å². The van der Waals surface area contributed by atoms with Gasteiger partial charge < -0.3 is 15.0 Å². The lowest BCUT2D eigenvalue weighted by molar-refractivity contribution is 0.0931. The number of carbonyl (C=O) groups excluding carboxylic acids is 1. The molecule has 1 saturated heterocycles. The number of carbonyl (C=O) groups is 1. The van der Waals surface area contributed by atoms with Gasteiger partial charge in [0, 0.05) is 43.2 Å². The Labute approximate surface area is 155 Å². The van der Waals surface area contributed by atoms with Gasteiger partial charge in [-0.2, -0.15) is 0 Å². The Morgan fingerprint density at radius 1 is 1.23 bits per heavy atom. The lowest BCUT2D eigenvalue weighted by Gasteiger charge is -2.32. The maximum atomic E-state index is 12.3. The lowest BCUT2D eigenvalue weighted by Crippen LogP contribution is -2.44. The largest absolute Gasteiger partial charge is 0.497 e. The van der Waals surface area contributed by atoms with Crippen LogP contribution in [0.3, 0.4) is 0 Å². The Hall–Kier alpha value is -2.67. The fourth-order valence-corrected chi connectivity index (χ4v) is 4.14. The van der Waals surface area contributed by atoms with Crippen molar-refractivity contribution in [2.75, 3.05) is 25.1 Å². The molecule has 2 aromatic heterocycles. The molecule has 134 valence electrons. The molecule has 1 N–H and O–H groups in total. The molecule has 1 aromatic carbocycles. The predicted octanol–water partition coefficient (Wildman–Crippen LogP) is 3.10. The quantitative estimate of drug-likeness (QED) is 0.766. The normalized spacial score (nSPS) is 15.2. The molecule has 4 rings (SSSR count). The maximum Gasteiger partial charge on any atom is 0.251 e. The summed E-state index contributed by atoms with van der Waals surface area (Å²) in [6, 6.07) is 9.65. The van der Waals surface area contributed by atoms with Crippen LogP contribution in [0.2, 0.25) is 0 Å². The van der Waals surface area contributed by atoms with Crippen LogP contribution in [0.15, 0.2) is 42.7 Å². The molecule has 1 amide bonds. The summed E-state index contributed by atoms with van der Waals surface area (Å²) in [4.78, 5) is 23.3. The number of benzene rings is 1. The van der Waals surface area contributed by atoms with E-state index in [1.54, 1.807) is 43.0 Å². The average molecular weight is 368 g/mol. The van der Waals surface area contributed by atoms with Gasteiger partial charge in [-0.1, -0.05) is 11.3 Å². The van der Waals surface area contributed by atoms with Gasteiger partial charge in [0.15, 0.2) is 5.13 Å². The second-order valence-corrected chi connectivity index (χ2v) is 7.31. The Morgan fingerprint density at radius 2 is 2.00 bits per heavy atom. The molecule has 0 aliphatic carbocycles. The Kier molecular flexibility index (Phi) is 4.71. The summed E-state index contributed by atoms with van der Waals surface area (Å²) in [5.74, 6) is 0.796. The minimum absolute atomic E-state index is 0.0297. The predicted molar refractivity (Wildman–Crippen MR) is 103 cm³/mol. The zero-order valence-corrected chi connectivity index (χ0v) is 15.3. The molecular formula is C19H20N4O2S. The maximum absolute atomic E-state index is 12.3. The Morgan fingerprint density at radius 3 is 2.73 bits per heavy atom. The number of amides is 1. The van der Waals surface area contributed by atoms with Crippen LogP contribution in [0, 0.1) is 0 Å². The number of nitrogens with one attached hydrogen (secondary N) is 1. The number of methoxy groups -OCH3 is 1. The lowest BCUT2D eigenvalue weighted by atomic mass is 10.0. The molecule has 1 aliphatic rings. The third-order valence-corrected chi connectivity index (χ3v) is 5.72. The SMILES string of the molecule is COc1ccc2sc(N3CCC(NC(=O)c4ccncc4)CC3)nc2c1. The molecule has 1 fully saturated rings. The summed E-state index contributed by atoms with van der Waals surface area (Å²) < 4.78 is 6.43. The van der Waals surface area contributed by atoms with E-state index in [0.29, 0.717) is 5.56 Å². The van der Waals surface area contributed by atoms with Crippen LogP contribution in [-0.4, -0.2) is 42.1 Å². The molecule has 3 heterocycles. The van der Waals surface area contributed by atoms with Gasteiger partial charge in [0.25, 0.3) is 5.91 Å². The standard InChI is InChI=1S/C19H20N4O2S/c1-25-15-2-3-17-16(12-15)22-19(26-17)23-10-6-14(7-11-23)21-18(24)13-4-8-20-9-5-13/h2-5,8-9,12,14H,6-7,10-11H2,1H3,(H,21,24). The van der Waals surface area contributed by atoms with Crippen LogP contribution < -0.4 is 15.0 Å². The Bertz CT molecular complexity index is 904. The molecule has 0 bridgehead atoms. The van der Waals surface area contributed by atoms with Crippen molar-refractivity contribution < 1.29 is 9.53 Å². The molecule has 0 unspecified atom stereocenters. The van der Waals surface area contributed by atoms with Crippen molar-refractivity contribution in [1.29, 1.82) is 0 Å². The van der Waals surface area contributed by atoms with Crippen LogP contribution in [0.25, 0.3) is 10.2 Å². The van der Waals surface area contributed by atoms with E-state index in [1.165, 1.54) is 0 Å². The van der Waals surface area contributed by atoms with Crippen molar-refractivity contribution >= 4 is 32.6 Å². The number of fused-ring (bicyclic) bond motifs is 1. The van der Waals surface area contributed by atoms with Gasteiger partial charge in [0.05, 0.1) is 17.3 Å². The zero-order valence-electron chi connectivity index (χ0n) is 14.5. The van der Waals surface area contributed by atoms with Gasteiger partial charge in [0.1, 0.15) is 5.75 Å². The highest BCUT2D eigenvalue weighted by Gasteiger charge is 2.23. The van der Waals surface area contributed by atoms with Crippen molar-refractivity contribution in [2.24, 2.45) is 0 Å². The number of ether oxygens (including phenoxy) is 1. The van der Waals surface area contributed by atoms with Crippen LogP contribution in [0.5, 0.6) is 5.75 Å². The number of hydrogen-bond donors (Lipinski definition) is 1. The summed E-state index contributed by atoms with van der Waals surface area (Å²) in [5.41, 5.74) is 1.63. The molecule has 0 atom stereocenters. The number of anilines is 1. The third-order valence-electron chi connectivity index (χ3n) is 4.63. The van der Waals surface area contributed by atoms with E-state index >= 15 is 0 Å². The van der Waals surface area contributed by atoms with Gasteiger partial charge in [-0.3, -0.25) is 9.78 Å². The van der Waals surface area contributed by atoms with Gasteiger partial charge in [-0.15, -0.1) is 0 Å². The zero-order chi connectivity index (χ0) is 17.9. The van der Waals surface area contributed by atoms with E-state index in [1.807, 2.05) is 12.1 Å². The highest BCUT2D eigenvalue weighted by Crippen LogP contribution is 2.32. The molecule has 7 heteroatoms. The van der Waals surface area contributed by atoms with Gasteiger partial charge in [0.2, 0.25) is 0 Å². The first-order valence-electron chi connectivity index (χ1n) is 8.63. The fourth-order valence-electron chi connectivity index (χ4n) is 3.14. The molecule has 6 nitrogen and oxygen atoms in total. The highest BCUT2D eigenvalue weighted by molar-refractivity contribution is 7.22. The average Bonchev–Trinajstić information content (AvgIpc) is 3.12. The number of nitrogens with zero attached hydrogens (tertiary/aromatic N) is 3. The molecule has 0 saturated carbocycles. The van der Waals surface area contributed by atoms with E-state index < -0.39 is 0 Å². The highest BCUT2D eigenvalue weighted by atomic mass is 32.1. The number of thiazole rings is 1. The minimum Gasteiger partial charge on any atom is -0.497 e. The summed E-state index contributed by atoms with van der Waals surface area (Å²) in [7, 11) is 1.67. The minimum atomic E-state index is -0.0297. The van der Waals surface area contributed by atoms with Crippen molar-refractivity contribution in [3.8, 4) is 5.75 Å². The molecule has 0 spiro atoms. The third kappa shape index (κ3) is 3.48. The first-order chi connectivity index (χ1) is 12.7. The van der Waals surface area contributed by atoms with E-state index in [-0.39, 0.29) is 11.9 Å². The van der Waals surface area contributed by atoms with Crippen molar-refractivity contribution in [3.05, 3.63) is 48.3 Å². The summed E-state index contributed by atoms with van der Waals surface area (Å²) in [6.07, 6.45) is 5.10. The van der Waals surface area contributed by atoms with E-state index in [4.69, 9.17) is 9.72 Å². The number of rotatable bonds is 4. The molecule has 1 aliphatic heterocycles. The molecule has 26 heavy (non-hydrogen) atoms. The van der Waals surface area contributed by atoms with Crippen molar-refractivity contribution in [1.82, 2.24) is 15.3 Å². The van der Waals surface area contributed by atoms with E-state index in [2.05, 4.69) is 21.3 Å². The van der Waals surface area contributed by atoms with Crippen LogP contribution in [-0.2, 0) is 0 Å². The van der Waals surface area contributed by atoms with Gasteiger partial charge >= 0.3 is 0 Å². The first-order valence-corrected chi connectivity index (χ1v) is 9.45. The van der Waals surface area contributed by atoms with Gasteiger partial charge in [-0.25, -0.2) is 4.98 Å². The molecular weight excluding hydrogens is 348 g/mol. The van der Waals surface area contributed by atoms with Crippen LogP contribution >= 0.6 is 11.3 Å². The number of hydrogen-bond acceptors (Lipinski definition) is 6. The van der Waals surface area contributed by atoms with E-state index in [0.717, 1.165) is 47.0 Å². The van der Waals surface area contributed by atoms with E-state index in [9.17, 15) is 4.79 Å². The second-order valence-electron chi connectivity index (χ2n) is 6.30. The first kappa shape index (κ1) is 16.8. The smallest absolute Gasteiger partial charge is 0.251 e. The van der Waals surface area contributed by atoms with Crippen molar-refractivity contribution in [2.45, 2.75) is 18.9 Å². The summed E-state index contributed by atoms with van der Waals surface area (Å²) >= 11 is 1.70. The monoisotopic (exact) mass is 368 g/mol. The van der Waals surface area contributed by atoms with Crippen LogP contribution in [0.4, 0.5) is 5.13 Å². The Balaban J connectivity index is 1.38.